The normalized spacial score (nSPS) is 15.8. The number of carbonyl (C=O) groups excluding carboxylic acids is 3. The van der Waals surface area contributed by atoms with Crippen molar-refractivity contribution < 1.29 is 19.1 Å². The summed E-state index contributed by atoms with van der Waals surface area (Å²) in [4.78, 5) is 37.2. The van der Waals surface area contributed by atoms with Gasteiger partial charge in [0.15, 0.2) is 0 Å². The number of imide groups is 1. The van der Waals surface area contributed by atoms with Gasteiger partial charge >= 0.3 is 12.0 Å². The predicted molar refractivity (Wildman–Crippen MR) is 84.5 cm³/mol. The zero-order valence-electron chi connectivity index (χ0n) is 13.7. The highest BCUT2D eigenvalue weighted by Crippen LogP contribution is 2.24. The number of urea groups is 1. The maximum Gasteiger partial charge on any atom is 0.326 e. The van der Waals surface area contributed by atoms with Gasteiger partial charge in [0.05, 0.1) is 11.6 Å². The molecule has 0 bridgehead atoms. The fourth-order valence-electron chi connectivity index (χ4n) is 2.56. The van der Waals surface area contributed by atoms with E-state index in [0.29, 0.717) is 18.4 Å². The van der Waals surface area contributed by atoms with E-state index in [1.54, 1.807) is 24.3 Å². The minimum absolute atomic E-state index is 0.0148. The molecule has 7 heteroatoms. The molecule has 0 unspecified atom stereocenters. The van der Waals surface area contributed by atoms with Gasteiger partial charge in [-0.1, -0.05) is 26.0 Å². The van der Waals surface area contributed by atoms with Gasteiger partial charge in [0.25, 0.3) is 5.91 Å². The number of amides is 3. The molecule has 7 nitrogen and oxygen atoms in total. The van der Waals surface area contributed by atoms with E-state index < -0.39 is 30.0 Å². The average molecular weight is 329 g/mol. The van der Waals surface area contributed by atoms with E-state index in [9.17, 15) is 14.4 Å². The smallest absolute Gasteiger partial charge is 0.326 e. The fourth-order valence-corrected chi connectivity index (χ4v) is 2.56. The van der Waals surface area contributed by atoms with Crippen LogP contribution in [0, 0.1) is 11.3 Å². The largest absolute Gasteiger partial charge is 0.459 e. The molecule has 1 aliphatic rings. The van der Waals surface area contributed by atoms with E-state index in [2.05, 4.69) is 5.32 Å². The Labute approximate surface area is 140 Å². The van der Waals surface area contributed by atoms with Crippen molar-refractivity contribution >= 4 is 17.9 Å². The first-order valence-electron chi connectivity index (χ1n) is 7.74. The van der Waals surface area contributed by atoms with Crippen LogP contribution in [0.3, 0.4) is 0 Å². The maximum absolute atomic E-state index is 12.4. The topological polar surface area (TPSA) is 99.5 Å². The fraction of sp³-hybridized carbons (Fsp3) is 0.412. The Bertz CT molecular complexity index is 687. The number of nitrogens with zero attached hydrogens (tertiary/aromatic N) is 2. The van der Waals surface area contributed by atoms with Gasteiger partial charge in [0.2, 0.25) is 0 Å². The van der Waals surface area contributed by atoms with Crippen LogP contribution < -0.4 is 5.32 Å². The number of esters is 1. The van der Waals surface area contributed by atoms with Crippen molar-refractivity contribution in [2.75, 3.05) is 6.54 Å². The highest BCUT2D eigenvalue weighted by Gasteiger charge is 2.49. The third-order valence-corrected chi connectivity index (χ3v) is 4.22. The summed E-state index contributed by atoms with van der Waals surface area (Å²) in [5, 5.41) is 11.4. The molecular formula is C17H19N3O4. The Morgan fingerprint density at radius 3 is 2.38 bits per heavy atom. The number of hydrogen-bond acceptors (Lipinski definition) is 5. The average Bonchev–Trinajstić information content (AvgIpc) is 2.85. The summed E-state index contributed by atoms with van der Waals surface area (Å²) in [6, 6.07) is 8.03. The van der Waals surface area contributed by atoms with E-state index in [-0.39, 0.29) is 6.61 Å². The molecule has 1 heterocycles. The van der Waals surface area contributed by atoms with Crippen LogP contribution in [0.15, 0.2) is 24.3 Å². The highest BCUT2D eigenvalue weighted by molar-refractivity contribution is 6.08. The molecule has 2 rings (SSSR count). The van der Waals surface area contributed by atoms with Gasteiger partial charge in [-0.2, -0.15) is 5.26 Å². The molecular weight excluding hydrogens is 310 g/mol. The molecule has 0 aromatic heterocycles. The Morgan fingerprint density at radius 2 is 1.88 bits per heavy atom. The van der Waals surface area contributed by atoms with Crippen molar-refractivity contribution in [3.05, 3.63) is 35.4 Å². The van der Waals surface area contributed by atoms with Crippen LogP contribution in [0.5, 0.6) is 0 Å². The number of ether oxygens (including phenoxy) is 1. The predicted octanol–water partition coefficient (Wildman–Crippen LogP) is 1.71. The molecule has 1 aromatic rings. The number of rotatable bonds is 6. The molecule has 1 fully saturated rings. The Kier molecular flexibility index (Phi) is 5.19. The monoisotopic (exact) mass is 329 g/mol. The third kappa shape index (κ3) is 3.38. The van der Waals surface area contributed by atoms with Crippen LogP contribution in [0.4, 0.5) is 4.79 Å². The van der Waals surface area contributed by atoms with Crippen molar-refractivity contribution in [3.8, 4) is 6.07 Å². The Morgan fingerprint density at radius 1 is 1.25 bits per heavy atom. The molecule has 0 aliphatic carbocycles. The van der Waals surface area contributed by atoms with Crippen LogP contribution in [-0.2, 0) is 20.9 Å². The SMILES string of the molecule is CCC1(CC)NC(=O)N(CC(=O)OCc2ccc(C#N)cc2)C1=O. The summed E-state index contributed by atoms with van der Waals surface area (Å²) in [5.74, 6) is -1.06. The first kappa shape index (κ1) is 17.5. The maximum atomic E-state index is 12.4. The van der Waals surface area contributed by atoms with Crippen molar-refractivity contribution in [3.63, 3.8) is 0 Å². The minimum atomic E-state index is -0.926. The summed E-state index contributed by atoms with van der Waals surface area (Å²) >= 11 is 0. The molecule has 1 saturated heterocycles. The molecule has 1 aliphatic heterocycles. The van der Waals surface area contributed by atoms with E-state index in [0.717, 1.165) is 10.5 Å². The summed E-state index contributed by atoms with van der Waals surface area (Å²) < 4.78 is 5.10. The minimum Gasteiger partial charge on any atom is -0.459 e. The lowest BCUT2D eigenvalue weighted by atomic mass is 9.93. The van der Waals surface area contributed by atoms with E-state index in [4.69, 9.17) is 10.00 Å². The lowest BCUT2D eigenvalue weighted by Gasteiger charge is -2.22. The van der Waals surface area contributed by atoms with Gasteiger partial charge in [-0.15, -0.1) is 0 Å². The Hall–Kier alpha value is -2.88. The van der Waals surface area contributed by atoms with Gasteiger partial charge < -0.3 is 10.1 Å². The second kappa shape index (κ2) is 7.13. The number of nitriles is 1. The standard InChI is InChI=1S/C17H19N3O4/c1-3-17(4-2)15(22)20(16(23)19-17)10-14(21)24-11-13-7-5-12(9-18)6-8-13/h5-8H,3-4,10-11H2,1-2H3,(H,19,23). The van der Waals surface area contributed by atoms with Gasteiger partial charge in [-0.25, -0.2) is 4.79 Å². The number of hydrogen-bond donors (Lipinski definition) is 1. The first-order chi connectivity index (χ1) is 11.5. The second-order valence-corrected chi connectivity index (χ2v) is 5.58. The van der Waals surface area contributed by atoms with E-state index in [1.807, 2.05) is 19.9 Å². The summed E-state index contributed by atoms with van der Waals surface area (Å²) in [6.07, 6.45) is 0.926. The lowest BCUT2D eigenvalue weighted by Crippen LogP contribution is -2.46. The Balaban J connectivity index is 1.93. The van der Waals surface area contributed by atoms with Gasteiger partial charge in [-0.3, -0.25) is 14.5 Å². The second-order valence-electron chi connectivity index (χ2n) is 5.58. The molecule has 1 N–H and O–H groups in total. The molecule has 0 spiro atoms. The summed E-state index contributed by atoms with van der Waals surface area (Å²) in [5.41, 5.74) is 0.306. The third-order valence-electron chi connectivity index (χ3n) is 4.22. The molecule has 0 radical (unpaired) electrons. The van der Waals surface area contributed by atoms with Gasteiger partial charge in [0, 0.05) is 0 Å². The van der Waals surface area contributed by atoms with Crippen LogP contribution in [0.25, 0.3) is 0 Å². The van der Waals surface area contributed by atoms with Crippen molar-refractivity contribution in [1.82, 2.24) is 10.2 Å². The number of nitrogens with one attached hydrogen (secondary N) is 1. The van der Waals surface area contributed by atoms with Gasteiger partial charge in [-0.05, 0) is 30.5 Å². The van der Waals surface area contributed by atoms with Crippen molar-refractivity contribution in [2.45, 2.75) is 38.8 Å². The van der Waals surface area contributed by atoms with Crippen LogP contribution in [0.2, 0.25) is 0 Å². The lowest BCUT2D eigenvalue weighted by molar-refractivity contribution is -0.148. The number of benzene rings is 1. The number of carbonyl (C=O) groups is 3. The molecule has 126 valence electrons. The van der Waals surface area contributed by atoms with E-state index >= 15 is 0 Å². The highest BCUT2D eigenvalue weighted by atomic mass is 16.5. The first-order valence-corrected chi connectivity index (χ1v) is 7.74. The molecule has 0 atom stereocenters. The van der Waals surface area contributed by atoms with Crippen molar-refractivity contribution in [2.24, 2.45) is 0 Å². The molecule has 1 aromatic carbocycles. The summed E-state index contributed by atoms with van der Waals surface area (Å²) in [7, 11) is 0. The quantitative estimate of drug-likeness (QED) is 0.632. The zero-order valence-corrected chi connectivity index (χ0v) is 13.7. The molecule has 0 saturated carbocycles. The molecule has 3 amide bonds. The van der Waals surface area contributed by atoms with Crippen LogP contribution in [-0.4, -0.2) is 34.9 Å². The van der Waals surface area contributed by atoms with Crippen molar-refractivity contribution in [1.29, 1.82) is 5.26 Å². The van der Waals surface area contributed by atoms with E-state index in [1.165, 1.54) is 0 Å². The zero-order chi connectivity index (χ0) is 17.7. The van der Waals surface area contributed by atoms with Crippen LogP contribution in [0.1, 0.15) is 37.8 Å². The summed E-state index contributed by atoms with van der Waals surface area (Å²) in [6.45, 7) is 3.23. The molecule has 24 heavy (non-hydrogen) atoms. The van der Waals surface area contributed by atoms with Crippen LogP contribution >= 0.6 is 0 Å². The van der Waals surface area contributed by atoms with Gasteiger partial charge in [0.1, 0.15) is 18.7 Å².